The summed E-state index contributed by atoms with van der Waals surface area (Å²) in [6, 6.07) is 19.4. The van der Waals surface area contributed by atoms with Crippen molar-refractivity contribution in [3.05, 3.63) is 77.5 Å². The summed E-state index contributed by atoms with van der Waals surface area (Å²) in [6.45, 7) is 3.98. The molecule has 0 spiro atoms. The second kappa shape index (κ2) is 9.24. The van der Waals surface area contributed by atoms with E-state index >= 15 is 0 Å². The van der Waals surface area contributed by atoms with Gasteiger partial charge in [0.25, 0.3) is 11.8 Å². The van der Waals surface area contributed by atoms with E-state index in [9.17, 15) is 14.7 Å². The van der Waals surface area contributed by atoms with Crippen LogP contribution in [0.5, 0.6) is 0 Å². The van der Waals surface area contributed by atoms with Crippen LogP contribution < -0.4 is 0 Å². The first kappa shape index (κ1) is 20.3. The minimum atomic E-state index is -0.213. The van der Waals surface area contributed by atoms with Gasteiger partial charge in [0.1, 0.15) is 5.70 Å². The zero-order valence-electron chi connectivity index (χ0n) is 17.0. The van der Waals surface area contributed by atoms with Gasteiger partial charge in [0.05, 0.1) is 12.2 Å². The molecule has 0 aromatic heterocycles. The van der Waals surface area contributed by atoms with E-state index in [0.29, 0.717) is 43.9 Å². The van der Waals surface area contributed by atoms with Crippen molar-refractivity contribution in [1.82, 2.24) is 14.7 Å². The average Bonchev–Trinajstić information content (AvgIpc) is 3.04. The number of imide groups is 1. The van der Waals surface area contributed by atoms with Crippen LogP contribution in [-0.2, 0) is 16.0 Å². The molecule has 2 aromatic carbocycles. The number of β-amino-alcohol motifs (C(OH)–C–C–N with tert-alkyl or cyclic N) is 1. The molecular weight excluding hydrogens is 378 g/mol. The highest BCUT2D eigenvalue weighted by molar-refractivity contribution is 6.35. The van der Waals surface area contributed by atoms with Crippen molar-refractivity contribution >= 4 is 17.4 Å². The van der Waals surface area contributed by atoms with Crippen LogP contribution in [0.3, 0.4) is 0 Å². The van der Waals surface area contributed by atoms with Crippen LogP contribution in [0, 0.1) is 0 Å². The highest BCUT2D eigenvalue weighted by atomic mass is 16.3. The number of hydrogen-bond donors (Lipinski definition) is 1. The van der Waals surface area contributed by atoms with Crippen LogP contribution in [0.1, 0.15) is 11.1 Å². The lowest BCUT2D eigenvalue weighted by Gasteiger charge is -2.36. The van der Waals surface area contributed by atoms with Gasteiger partial charge < -0.3 is 10.0 Å². The molecule has 2 amide bonds. The highest BCUT2D eigenvalue weighted by Gasteiger charge is 2.41. The van der Waals surface area contributed by atoms with Crippen LogP contribution >= 0.6 is 0 Å². The van der Waals surface area contributed by atoms with Gasteiger partial charge in [0, 0.05) is 39.3 Å². The third kappa shape index (κ3) is 4.15. The Bertz CT molecular complexity index is 919. The van der Waals surface area contributed by atoms with Crippen molar-refractivity contribution < 1.29 is 14.7 Å². The summed E-state index contributed by atoms with van der Waals surface area (Å²) in [5.41, 5.74) is 2.91. The molecule has 1 fully saturated rings. The number of amides is 2. The van der Waals surface area contributed by atoms with Crippen LogP contribution in [0.4, 0.5) is 0 Å². The third-order valence-corrected chi connectivity index (χ3v) is 5.78. The standard InChI is InChI=1S/C24H27N3O3/c28-18-17-25-13-15-26(16-14-25)22-21(20-9-5-2-6-10-20)23(29)27(24(22)30)12-11-19-7-3-1-4-8-19/h1-10,28H,11-18H2. The maximum absolute atomic E-state index is 13.4. The Morgan fingerprint density at radius 3 is 2.03 bits per heavy atom. The van der Waals surface area contributed by atoms with Gasteiger partial charge in [0.2, 0.25) is 0 Å². The van der Waals surface area contributed by atoms with Gasteiger partial charge >= 0.3 is 0 Å². The second-order valence-corrected chi connectivity index (χ2v) is 7.64. The lowest BCUT2D eigenvalue weighted by atomic mass is 10.0. The molecule has 0 saturated carbocycles. The molecule has 2 aliphatic heterocycles. The van der Waals surface area contributed by atoms with E-state index in [2.05, 4.69) is 4.90 Å². The minimum Gasteiger partial charge on any atom is -0.395 e. The van der Waals surface area contributed by atoms with E-state index in [1.165, 1.54) is 4.90 Å². The largest absolute Gasteiger partial charge is 0.395 e. The first-order valence-electron chi connectivity index (χ1n) is 10.5. The number of carbonyl (C=O) groups excluding carboxylic acids is 2. The fraction of sp³-hybridized carbons (Fsp3) is 0.333. The fourth-order valence-electron chi connectivity index (χ4n) is 4.15. The van der Waals surface area contributed by atoms with Crippen molar-refractivity contribution in [2.45, 2.75) is 6.42 Å². The Labute approximate surface area is 177 Å². The van der Waals surface area contributed by atoms with Crippen LogP contribution in [0.25, 0.3) is 5.57 Å². The summed E-state index contributed by atoms with van der Waals surface area (Å²) < 4.78 is 0. The SMILES string of the molecule is O=C1C(c2ccccc2)=C(N2CCN(CCO)CC2)C(=O)N1CCc1ccccc1. The van der Waals surface area contributed by atoms with Crippen molar-refractivity contribution in [2.24, 2.45) is 0 Å². The van der Waals surface area contributed by atoms with Crippen LogP contribution in [0.15, 0.2) is 66.4 Å². The predicted molar refractivity (Wildman–Crippen MR) is 115 cm³/mol. The maximum Gasteiger partial charge on any atom is 0.277 e. The van der Waals surface area contributed by atoms with E-state index < -0.39 is 0 Å². The number of aliphatic hydroxyl groups is 1. The number of nitrogens with zero attached hydrogens (tertiary/aromatic N) is 3. The van der Waals surface area contributed by atoms with Crippen LogP contribution in [0.2, 0.25) is 0 Å². The fourth-order valence-corrected chi connectivity index (χ4v) is 4.15. The number of hydrogen-bond acceptors (Lipinski definition) is 5. The van der Waals surface area contributed by atoms with Crippen molar-refractivity contribution in [3.63, 3.8) is 0 Å². The summed E-state index contributed by atoms with van der Waals surface area (Å²) in [5, 5.41) is 9.18. The van der Waals surface area contributed by atoms with Gasteiger partial charge in [-0.25, -0.2) is 0 Å². The molecule has 30 heavy (non-hydrogen) atoms. The molecule has 2 aromatic rings. The van der Waals surface area contributed by atoms with E-state index in [1.54, 1.807) is 0 Å². The Balaban J connectivity index is 1.59. The molecule has 0 aliphatic carbocycles. The monoisotopic (exact) mass is 405 g/mol. The van der Waals surface area contributed by atoms with Gasteiger partial charge in [-0.05, 0) is 17.5 Å². The quantitative estimate of drug-likeness (QED) is 0.710. The van der Waals surface area contributed by atoms with Gasteiger partial charge in [-0.1, -0.05) is 60.7 Å². The van der Waals surface area contributed by atoms with Gasteiger partial charge in [-0.2, -0.15) is 0 Å². The molecular formula is C24H27N3O3. The second-order valence-electron chi connectivity index (χ2n) is 7.64. The molecule has 1 saturated heterocycles. The topological polar surface area (TPSA) is 64.1 Å². The Morgan fingerprint density at radius 2 is 1.40 bits per heavy atom. The first-order chi connectivity index (χ1) is 14.7. The lowest BCUT2D eigenvalue weighted by molar-refractivity contribution is -0.137. The van der Waals surface area contributed by atoms with Gasteiger partial charge in [0.15, 0.2) is 0 Å². The Morgan fingerprint density at radius 1 is 0.767 bits per heavy atom. The summed E-state index contributed by atoms with van der Waals surface area (Å²) in [4.78, 5) is 32.3. The predicted octanol–water partition coefficient (Wildman–Crippen LogP) is 1.62. The van der Waals surface area contributed by atoms with Crippen molar-refractivity contribution in [3.8, 4) is 0 Å². The highest BCUT2D eigenvalue weighted by Crippen LogP contribution is 2.32. The summed E-state index contributed by atoms with van der Waals surface area (Å²) in [6.07, 6.45) is 0.637. The van der Waals surface area contributed by atoms with Gasteiger partial charge in [-0.15, -0.1) is 0 Å². The molecule has 0 radical (unpaired) electrons. The average molecular weight is 405 g/mol. The molecule has 0 unspecified atom stereocenters. The number of benzene rings is 2. The molecule has 2 heterocycles. The Hall–Kier alpha value is -2.96. The van der Waals surface area contributed by atoms with E-state index in [1.807, 2.05) is 65.6 Å². The molecule has 0 bridgehead atoms. The minimum absolute atomic E-state index is 0.128. The maximum atomic E-state index is 13.4. The molecule has 4 rings (SSSR count). The molecule has 2 aliphatic rings. The smallest absolute Gasteiger partial charge is 0.277 e. The normalized spacial score (nSPS) is 17.9. The van der Waals surface area contributed by atoms with Crippen molar-refractivity contribution in [2.75, 3.05) is 45.9 Å². The van der Waals surface area contributed by atoms with Crippen molar-refractivity contribution in [1.29, 1.82) is 0 Å². The van der Waals surface area contributed by atoms with E-state index in [4.69, 9.17) is 0 Å². The summed E-state index contributed by atoms with van der Waals surface area (Å²) in [5.74, 6) is -0.416. The molecule has 1 N–H and O–H groups in total. The zero-order valence-corrected chi connectivity index (χ0v) is 17.0. The third-order valence-electron chi connectivity index (χ3n) is 5.78. The number of rotatable bonds is 7. The number of piperazine rings is 1. The first-order valence-corrected chi connectivity index (χ1v) is 10.5. The Kier molecular flexibility index (Phi) is 6.26. The van der Waals surface area contributed by atoms with E-state index in [-0.39, 0.29) is 18.4 Å². The number of aliphatic hydroxyl groups excluding tert-OH is 1. The zero-order chi connectivity index (χ0) is 20.9. The summed E-state index contributed by atoms with van der Waals surface area (Å²) in [7, 11) is 0. The molecule has 6 nitrogen and oxygen atoms in total. The lowest BCUT2D eigenvalue weighted by Crippen LogP contribution is -2.48. The summed E-state index contributed by atoms with van der Waals surface area (Å²) >= 11 is 0. The molecule has 6 heteroatoms. The van der Waals surface area contributed by atoms with E-state index in [0.717, 1.165) is 24.2 Å². The van der Waals surface area contributed by atoms with Crippen LogP contribution in [-0.4, -0.2) is 77.5 Å². The number of carbonyl (C=O) groups is 2. The molecule has 0 atom stereocenters. The molecule has 156 valence electrons. The van der Waals surface area contributed by atoms with Gasteiger partial charge in [-0.3, -0.25) is 19.4 Å².